The lowest BCUT2D eigenvalue weighted by atomic mass is 10.2. The van der Waals surface area contributed by atoms with Crippen molar-refractivity contribution in [3.8, 4) is 0 Å². The third-order valence-electron chi connectivity index (χ3n) is 0.950. The highest BCUT2D eigenvalue weighted by Crippen LogP contribution is 1.97. The zero-order chi connectivity index (χ0) is 7.28. The Morgan fingerprint density at radius 1 is 1.80 bits per heavy atom. The molecule has 3 N–H and O–H groups in total. The van der Waals surface area contributed by atoms with Crippen LogP contribution in [0.3, 0.4) is 0 Å². The van der Waals surface area contributed by atoms with Crippen molar-refractivity contribution in [2.24, 2.45) is 5.73 Å². The molecule has 0 aliphatic heterocycles. The van der Waals surface area contributed by atoms with E-state index in [1.54, 1.807) is 11.8 Å². The summed E-state index contributed by atoms with van der Waals surface area (Å²) in [5, 5.41) is 8.27. The van der Waals surface area contributed by atoms with E-state index < -0.39 is 12.0 Å². The molecule has 0 rings (SSSR count). The SMILES string of the molecule is C.CSCC[C@H](N)C(=O)O. The van der Waals surface area contributed by atoms with Crippen LogP contribution >= 0.6 is 11.8 Å². The molecule has 0 aliphatic carbocycles. The number of carbonyl (C=O) groups is 1. The molecule has 0 saturated heterocycles. The largest absolute Gasteiger partial charge is 0.480 e. The summed E-state index contributed by atoms with van der Waals surface area (Å²) in [6.45, 7) is 0. The Kier molecular flexibility index (Phi) is 8.59. The second-order valence-corrected chi connectivity index (χ2v) is 2.71. The van der Waals surface area contributed by atoms with Gasteiger partial charge in [-0.3, -0.25) is 4.79 Å². The molecule has 3 nitrogen and oxygen atoms in total. The van der Waals surface area contributed by atoms with Crippen LogP contribution in [0, 0.1) is 0 Å². The van der Waals surface area contributed by atoms with Crippen molar-refractivity contribution in [1.82, 2.24) is 0 Å². The highest BCUT2D eigenvalue weighted by molar-refractivity contribution is 7.98. The minimum atomic E-state index is -0.913. The second-order valence-electron chi connectivity index (χ2n) is 1.73. The predicted octanol–water partition coefficient (Wildman–Crippen LogP) is 0.788. The van der Waals surface area contributed by atoms with Crippen molar-refractivity contribution in [3.05, 3.63) is 0 Å². The van der Waals surface area contributed by atoms with E-state index >= 15 is 0 Å². The van der Waals surface area contributed by atoms with E-state index in [2.05, 4.69) is 0 Å². The molecular weight excluding hydrogens is 150 g/mol. The van der Waals surface area contributed by atoms with Crippen molar-refractivity contribution in [2.45, 2.75) is 19.9 Å². The van der Waals surface area contributed by atoms with E-state index in [0.717, 1.165) is 5.75 Å². The summed E-state index contributed by atoms with van der Waals surface area (Å²) < 4.78 is 0. The van der Waals surface area contributed by atoms with E-state index in [0.29, 0.717) is 6.42 Å². The number of hydrogen-bond acceptors (Lipinski definition) is 3. The average molecular weight is 165 g/mol. The smallest absolute Gasteiger partial charge is 0.320 e. The molecule has 0 aromatic carbocycles. The van der Waals surface area contributed by atoms with Gasteiger partial charge in [-0.05, 0) is 18.4 Å². The molecule has 0 spiro atoms. The molecule has 0 fully saturated rings. The van der Waals surface area contributed by atoms with Gasteiger partial charge >= 0.3 is 5.97 Å². The highest BCUT2D eigenvalue weighted by atomic mass is 32.2. The highest BCUT2D eigenvalue weighted by Gasteiger charge is 2.08. The Morgan fingerprint density at radius 2 is 2.30 bits per heavy atom. The zero-order valence-electron chi connectivity index (χ0n) is 5.33. The Bertz CT molecular complexity index is 97.7. The van der Waals surface area contributed by atoms with Crippen molar-refractivity contribution in [1.29, 1.82) is 0 Å². The first-order valence-electron chi connectivity index (χ1n) is 2.65. The van der Waals surface area contributed by atoms with Crippen LogP contribution in [0.2, 0.25) is 0 Å². The number of carboxylic acid groups (broad SMARTS) is 1. The van der Waals surface area contributed by atoms with Crippen LogP contribution in [0.25, 0.3) is 0 Å². The summed E-state index contributed by atoms with van der Waals surface area (Å²) in [5.74, 6) is -0.1000. The standard InChI is InChI=1S/C5H11NO2S.CH4/c1-9-3-2-4(6)5(7)8;/h4H,2-3,6H2,1H3,(H,7,8);1H4/t4-;/m0./s1. The third kappa shape index (κ3) is 5.91. The first kappa shape index (κ1) is 12.5. The van der Waals surface area contributed by atoms with Gasteiger partial charge in [-0.25, -0.2) is 0 Å². The lowest BCUT2D eigenvalue weighted by Crippen LogP contribution is -2.30. The molecule has 0 heterocycles. The van der Waals surface area contributed by atoms with Crippen LogP contribution in [-0.2, 0) is 4.79 Å². The topological polar surface area (TPSA) is 63.3 Å². The first-order chi connectivity index (χ1) is 4.18. The number of rotatable bonds is 4. The fourth-order valence-electron chi connectivity index (χ4n) is 0.368. The normalized spacial score (nSPS) is 11.8. The molecule has 0 aromatic rings. The van der Waals surface area contributed by atoms with Gasteiger partial charge in [-0.15, -0.1) is 0 Å². The van der Waals surface area contributed by atoms with E-state index in [1.165, 1.54) is 0 Å². The fourth-order valence-corrected chi connectivity index (χ4v) is 0.858. The molecule has 0 bridgehead atoms. The van der Waals surface area contributed by atoms with Gasteiger partial charge in [0.1, 0.15) is 6.04 Å². The van der Waals surface area contributed by atoms with Crippen LogP contribution in [0.15, 0.2) is 0 Å². The van der Waals surface area contributed by atoms with Gasteiger partial charge < -0.3 is 10.8 Å². The number of nitrogens with two attached hydrogens (primary N) is 1. The number of hydrogen-bond donors (Lipinski definition) is 2. The second kappa shape index (κ2) is 6.89. The molecule has 0 radical (unpaired) electrons. The van der Waals surface area contributed by atoms with Crippen LogP contribution in [0.1, 0.15) is 13.8 Å². The van der Waals surface area contributed by atoms with Crippen LogP contribution in [0.4, 0.5) is 0 Å². The van der Waals surface area contributed by atoms with Crippen LogP contribution < -0.4 is 5.73 Å². The summed E-state index contributed by atoms with van der Waals surface area (Å²) in [6, 6.07) is -0.683. The monoisotopic (exact) mass is 165 g/mol. The van der Waals surface area contributed by atoms with Crippen LogP contribution in [-0.4, -0.2) is 29.1 Å². The maximum atomic E-state index is 10.1. The molecule has 4 heteroatoms. The van der Waals surface area contributed by atoms with E-state index in [-0.39, 0.29) is 7.43 Å². The molecular formula is C6H15NO2S. The maximum absolute atomic E-state index is 10.1. The lowest BCUT2D eigenvalue weighted by molar-refractivity contribution is -0.138. The predicted molar refractivity (Wildman–Crippen MR) is 45.3 cm³/mol. The Labute approximate surface area is 66.0 Å². The van der Waals surface area contributed by atoms with Crippen molar-refractivity contribution >= 4 is 17.7 Å². The van der Waals surface area contributed by atoms with Crippen molar-refractivity contribution in [3.63, 3.8) is 0 Å². The van der Waals surface area contributed by atoms with E-state index in [4.69, 9.17) is 10.8 Å². The molecule has 0 amide bonds. The Balaban J connectivity index is 0. The van der Waals surface area contributed by atoms with E-state index in [1.807, 2.05) is 6.26 Å². The molecule has 0 unspecified atom stereocenters. The Morgan fingerprint density at radius 3 is 2.60 bits per heavy atom. The van der Waals surface area contributed by atoms with Crippen LogP contribution in [0.5, 0.6) is 0 Å². The fraction of sp³-hybridized carbons (Fsp3) is 0.833. The molecule has 0 saturated carbocycles. The minimum absolute atomic E-state index is 0. The summed E-state index contributed by atoms with van der Waals surface area (Å²) >= 11 is 1.60. The quantitative estimate of drug-likeness (QED) is 0.646. The Hall–Kier alpha value is -0.220. The number of thioether (sulfide) groups is 1. The van der Waals surface area contributed by atoms with E-state index in [9.17, 15) is 4.79 Å². The average Bonchev–Trinajstić information content (AvgIpc) is 1.82. The number of aliphatic carboxylic acids is 1. The summed E-state index contributed by atoms with van der Waals surface area (Å²) in [4.78, 5) is 10.1. The number of carboxylic acids is 1. The van der Waals surface area contributed by atoms with Gasteiger partial charge in [0.15, 0.2) is 0 Å². The summed E-state index contributed by atoms with van der Waals surface area (Å²) in [7, 11) is 0. The van der Waals surface area contributed by atoms with Gasteiger partial charge in [0.2, 0.25) is 0 Å². The first-order valence-corrected chi connectivity index (χ1v) is 4.05. The maximum Gasteiger partial charge on any atom is 0.320 e. The van der Waals surface area contributed by atoms with Gasteiger partial charge in [0.25, 0.3) is 0 Å². The summed E-state index contributed by atoms with van der Waals surface area (Å²) in [6.07, 6.45) is 2.48. The van der Waals surface area contributed by atoms with Gasteiger partial charge in [-0.1, -0.05) is 7.43 Å². The third-order valence-corrected chi connectivity index (χ3v) is 1.59. The van der Waals surface area contributed by atoms with Crippen molar-refractivity contribution < 1.29 is 9.90 Å². The minimum Gasteiger partial charge on any atom is -0.480 e. The lowest BCUT2D eigenvalue weighted by Gasteiger charge is -2.02. The summed E-state index contributed by atoms with van der Waals surface area (Å²) in [5.41, 5.74) is 5.19. The molecule has 0 aliphatic rings. The molecule has 0 aromatic heterocycles. The van der Waals surface area contributed by atoms with Gasteiger partial charge in [0.05, 0.1) is 0 Å². The molecule has 10 heavy (non-hydrogen) atoms. The van der Waals surface area contributed by atoms with Gasteiger partial charge in [0, 0.05) is 0 Å². The molecule has 62 valence electrons. The van der Waals surface area contributed by atoms with Gasteiger partial charge in [-0.2, -0.15) is 11.8 Å². The zero-order valence-corrected chi connectivity index (χ0v) is 6.15. The molecule has 1 atom stereocenters. The van der Waals surface area contributed by atoms with Crippen molar-refractivity contribution in [2.75, 3.05) is 12.0 Å².